The van der Waals surface area contributed by atoms with Crippen LogP contribution in [-0.2, 0) is 26.0 Å². The van der Waals surface area contributed by atoms with Gasteiger partial charge in [0.15, 0.2) is 0 Å². The number of aromatic amines is 1. The molecule has 2 aromatic rings. The fourth-order valence-electron chi connectivity index (χ4n) is 3.25. The summed E-state index contributed by atoms with van der Waals surface area (Å²) in [6.45, 7) is 3.73. The zero-order valence-corrected chi connectivity index (χ0v) is 15.7. The van der Waals surface area contributed by atoms with Gasteiger partial charge in [-0.25, -0.2) is 13.1 Å². The van der Waals surface area contributed by atoms with E-state index in [0.29, 0.717) is 39.1 Å². The van der Waals surface area contributed by atoms with Crippen molar-refractivity contribution in [2.75, 3.05) is 32.1 Å². The number of hydrogen-bond donors (Lipinski definition) is 2. The third-order valence-electron chi connectivity index (χ3n) is 4.51. The number of benzene rings is 1. The summed E-state index contributed by atoms with van der Waals surface area (Å²) < 4.78 is 32.5. The average molecular weight is 379 g/mol. The second-order valence-corrected chi connectivity index (χ2v) is 8.36. The Bertz CT molecular complexity index is 856. The van der Waals surface area contributed by atoms with E-state index in [4.69, 9.17) is 4.74 Å². The number of para-hydroxylation sites is 1. The number of carbonyl (C=O) groups excluding carboxylic acids is 1. The van der Waals surface area contributed by atoms with Crippen LogP contribution in [0.3, 0.4) is 0 Å². The van der Waals surface area contributed by atoms with Crippen molar-refractivity contribution in [3.8, 4) is 0 Å². The molecular formula is C18H25N3O4S. The van der Waals surface area contributed by atoms with E-state index in [9.17, 15) is 13.2 Å². The number of nitrogens with zero attached hydrogens (tertiary/aromatic N) is 1. The zero-order valence-electron chi connectivity index (χ0n) is 14.9. The first kappa shape index (κ1) is 18.9. The lowest BCUT2D eigenvalue weighted by molar-refractivity contribution is -0.137. The predicted octanol–water partition coefficient (Wildman–Crippen LogP) is 1.27. The van der Waals surface area contributed by atoms with Crippen molar-refractivity contribution in [3.63, 3.8) is 0 Å². The third kappa shape index (κ3) is 4.44. The highest BCUT2D eigenvalue weighted by Crippen LogP contribution is 2.20. The maximum atomic E-state index is 13.0. The summed E-state index contributed by atoms with van der Waals surface area (Å²) in [5.74, 6) is -0.188. The summed E-state index contributed by atoms with van der Waals surface area (Å²) >= 11 is 0. The summed E-state index contributed by atoms with van der Waals surface area (Å²) in [5.41, 5.74) is 1.89. The Morgan fingerprint density at radius 1 is 1.31 bits per heavy atom. The van der Waals surface area contributed by atoms with Crippen LogP contribution in [0.15, 0.2) is 30.5 Å². The lowest BCUT2D eigenvalue weighted by atomic mass is 10.0. The summed E-state index contributed by atoms with van der Waals surface area (Å²) in [6.07, 6.45) is 2.66. The van der Waals surface area contributed by atoms with Crippen molar-refractivity contribution >= 4 is 26.8 Å². The van der Waals surface area contributed by atoms with Crippen LogP contribution >= 0.6 is 0 Å². The quantitative estimate of drug-likeness (QED) is 0.758. The molecule has 1 atom stereocenters. The van der Waals surface area contributed by atoms with Crippen LogP contribution < -0.4 is 4.72 Å². The van der Waals surface area contributed by atoms with Crippen LogP contribution in [0.5, 0.6) is 0 Å². The van der Waals surface area contributed by atoms with Crippen LogP contribution in [0.4, 0.5) is 0 Å². The van der Waals surface area contributed by atoms with Crippen molar-refractivity contribution in [2.24, 2.45) is 0 Å². The molecule has 0 spiro atoms. The van der Waals surface area contributed by atoms with Crippen LogP contribution in [0.2, 0.25) is 0 Å². The lowest BCUT2D eigenvalue weighted by Gasteiger charge is -2.30. The molecule has 0 unspecified atom stereocenters. The molecular weight excluding hydrogens is 354 g/mol. The minimum absolute atomic E-state index is 0.00771. The fourth-order valence-corrected chi connectivity index (χ4v) is 4.52. The van der Waals surface area contributed by atoms with E-state index in [1.807, 2.05) is 30.5 Å². The molecule has 26 heavy (non-hydrogen) atoms. The molecule has 2 N–H and O–H groups in total. The standard InChI is InChI=1S/C18H25N3O4S/c1-2-11-26(23,24)20-17(18(22)21-7-9-25-10-8-21)12-14-13-19-16-6-4-3-5-15(14)16/h3-6,13,17,19-20H,2,7-12H2,1H3/t17-/m0/s1. The van der Waals surface area contributed by atoms with Crippen molar-refractivity contribution in [1.82, 2.24) is 14.6 Å². The first-order valence-electron chi connectivity index (χ1n) is 8.91. The minimum atomic E-state index is -3.51. The van der Waals surface area contributed by atoms with Crippen LogP contribution in [0.25, 0.3) is 10.9 Å². The van der Waals surface area contributed by atoms with Crippen molar-refractivity contribution < 1.29 is 17.9 Å². The number of nitrogens with one attached hydrogen (secondary N) is 2. The number of H-pyrrole nitrogens is 1. The highest BCUT2D eigenvalue weighted by Gasteiger charge is 2.30. The average Bonchev–Trinajstić information content (AvgIpc) is 3.04. The molecule has 1 aliphatic heterocycles. The van der Waals surface area contributed by atoms with E-state index in [0.717, 1.165) is 16.5 Å². The monoisotopic (exact) mass is 379 g/mol. The van der Waals surface area contributed by atoms with Gasteiger partial charge >= 0.3 is 0 Å². The van der Waals surface area contributed by atoms with Crippen molar-refractivity contribution in [3.05, 3.63) is 36.0 Å². The number of sulfonamides is 1. The SMILES string of the molecule is CCCS(=O)(=O)N[C@@H](Cc1c[nH]c2ccccc12)C(=O)N1CCOCC1. The number of fused-ring (bicyclic) bond motifs is 1. The smallest absolute Gasteiger partial charge is 0.241 e. The molecule has 3 rings (SSSR count). The molecule has 7 nitrogen and oxygen atoms in total. The number of morpholine rings is 1. The van der Waals surface area contributed by atoms with E-state index in [1.54, 1.807) is 11.8 Å². The third-order valence-corrected chi connectivity index (χ3v) is 6.10. The van der Waals surface area contributed by atoms with Crippen LogP contribution in [0, 0.1) is 0 Å². The molecule has 0 radical (unpaired) electrons. The first-order valence-corrected chi connectivity index (χ1v) is 10.6. The van der Waals surface area contributed by atoms with Gasteiger partial charge < -0.3 is 14.6 Å². The Kier molecular flexibility index (Phi) is 5.95. The van der Waals surface area contributed by atoms with Gasteiger partial charge in [-0.2, -0.15) is 0 Å². The molecule has 0 aliphatic carbocycles. The minimum Gasteiger partial charge on any atom is -0.378 e. The van der Waals surface area contributed by atoms with Gasteiger partial charge in [-0.15, -0.1) is 0 Å². The maximum Gasteiger partial charge on any atom is 0.241 e. The van der Waals surface area contributed by atoms with E-state index in [1.165, 1.54) is 0 Å². The molecule has 1 aliphatic rings. The Labute approximate surface area is 153 Å². The maximum absolute atomic E-state index is 13.0. The van der Waals surface area contributed by atoms with Crippen LogP contribution in [-0.4, -0.2) is 62.3 Å². The molecule has 2 heterocycles. The zero-order chi connectivity index (χ0) is 18.6. The summed E-state index contributed by atoms with van der Waals surface area (Å²) in [6, 6.07) is 6.98. The fraction of sp³-hybridized carbons (Fsp3) is 0.500. The van der Waals surface area contributed by atoms with Gasteiger partial charge in [-0.1, -0.05) is 25.1 Å². The predicted molar refractivity (Wildman–Crippen MR) is 100 cm³/mol. The highest BCUT2D eigenvalue weighted by molar-refractivity contribution is 7.89. The second-order valence-electron chi connectivity index (χ2n) is 6.49. The lowest BCUT2D eigenvalue weighted by Crippen LogP contribution is -2.52. The Morgan fingerprint density at radius 3 is 2.77 bits per heavy atom. The Hall–Kier alpha value is -1.90. The summed E-state index contributed by atoms with van der Waals surface area (Å²) in [7, 11) is -3.51. The molecule has 1 fully saturated rings. The molecule has 142 valence electrons. The largest absolute Gasteiger partial charge is 0.378 e. The van der Waals surface area contributed by atoms with Gasteiger partial charge in [0.2, 0.25) is 15.9 Å². The molecule has 1 aromatic heterocycles. The highest BCUT2D eigenvalue weighted by atomic mass is 32.2. The number of rotatable bonds is 7. The van der Waals surface area contributed by atoms with Gasteiger partial charge in [0, 0.05) is 30.2 Å². The topological polar surface area (TPSA) is 91.5 Å². The van der Waals surface area contributed by atoms with Gasteiger partial charge in [-0.3, -0.25) is 4.79 Å². The normalized spacial score (nSPS) is 16.7. The van der Waals surface area contributed by atoms with Gasteiger partial charge in [-0.05, 0) is 24.5 Å². The van der Waals surface area contributed by atoms with Gasteiger partial charge in [0.1, 0.15) is 6.04 Å². The number of hydrogen-bond acceptors (Lipinski definition) is 4. The summed E-state index contributed by atoms with van der Waals surface area (Å²) in [5, 5.41) is 1.00. The van der Waals surface area contributed by atoms with E-state index in [-0.39, 0.29) is 11.7 Å². The molecule has 0 saturated carbocycles. The van der Waals surface area contributed by atoms with Crippen molar-refractivity contribution in [2.45, 2.75) is 25.8 Å². The molecule has 1 amide bonds. The van der Waals surface area contributed by atoms with E-state index in [2.05, 4.69) is 9.71 Å². The van der Waals surface area contributed by atoms with Gasteiger partial charge in [0.25, 0.3) is 0 Å². The number of ether oxygens (including phenoxy) is 1. The molecule has 0 bridgehead atoms. The van der Waals surface area contributed by atoms with E-state index < -0.39 is 16.1 Å². The molecule has 1 saturated heterocycles. The number of amides is 1. The Morgan fingerprint density at radius 2 is 2.04 bits per heavy atom. The first-order chi connectivity index (χ1) is 12.5. The second kappa shape index (κ2) is 8.20. The number of aromatic nitrogens is 1. The van der Waals surface area contributed by atoms with Gasteiger partial charge in [0.05, 0.1) is 19.0 Å². The Balaban J connectivity index is 1.85. The van der Waals surface area contributed by atoms with E-state index >= 15 is 0 Å². The molecule has 1 aromatic carbocycles. The summed E-state index contributed by atoms with van der Waals surface area (Å²) in [4.78, 5) is 17.8. The molecule has 8 heteroatoms. The van der Waals surface area contributed by atoms with Crippen LogP contribution in [0.1, 0.15) is 18.9 Å². The van der Waals surface area contributed by atoms with Crippen molar-refractivity contribution in [1.29, 1.82) is 0 Å². The number of carbonyl (C=O) groups is 1.